The van der Waals surface area contributed by atoms with E-state index in [-0.39, 0.29) is 0 Å². The van der Waals surface area contributed by atoms with E-state index in [0.717, 1.165) is 16.6 Å². The van der Waals surface area contributed by atoms with Gasteiger partial charge in [-0.15, -0.1) is 23.1 Å². The highest BCUT2D eigenvalue weighted by atomic mass is 32.2. The summed E-state index contributed by atoms with van der Waals surface area (Å²) in [5.74, 6) is 2.51. The second-order valence-electron chi connectivity index (χ2n) is 6.84. The molecule has 0 aromatic carbocycles. The van der Waals surface area contributed by atoms with Gasteiger partial charge in [0.15, 0.2) is 0 Å². The van der Waals surface area contributed by atoms with Crippen LogP contribution in [0, 0.1) is 13.8 Å². The smallest absolute Gasteiger partial charge is 0.134 e. The van der Waals surface area contributed by atoms with E-state index in [1.165, 1.54) is 58.3 Å². The van der Waals surface area contributed by atoms with Crippen LogP contribution in [0.5, 0.6) is 0 Å². The molecule has 3 heterocycles. The van der Waals surface area contributed by atoms with Crippen molar-refractivity contribution < 1.29 is 0 Å². The number of pyridine rings is 1. The van der Waals surface area contributed by atoms with Gasteiger partial charge >= 0.3 is 0 Å². The molecule has 0 unspecified atom stereocenters. The van der Waals surface area contributed by atoms with E-state index in [4.69, 9.17) is 9.97 Å². The molecule has 1 fully saturated rings. The van der Waals surface area contributed by atoms with Gasteiger partial charge < -0.3 is 0 Å². The number of thiophene rings is 1. The van der Waals surface area contributed by atoms with Crippen molar-refractivity contribution in [2.75, 3.05) is 0 Å². The zero-order chi connectivity index (χ0) is 17.2. The van der Waals surface area contributed by atoms with Gasteiger partial charge in [0, 0.05) is 34.3 Å². The van der Waals surface area contributed by atoms with Crippen molar-refractivity contribution in [1.29, 1.82) is 0 Å². The quantitative estimate of drug-likeness (QED) is 0.415. The summed E-state index contributed by atoms with van der Waals surface area (Å²) in [5.41, 5.74) is 2.58. The number of aromatic nitrogens is 3. The third kappa shape index (κ3) is 3.58. The molecule has 0 saturated heterocycles. The van der Waals surface area contributed by atoms with E-state index in [0.29, 0.717) is 5.92 Å². The first-order valence-electron chi connectivity index (χ1n) is 9.01. The Bertz CT molecular complexity index is 868. The standard InChI is InChI=1S/C20H23N3S2/c1-13-14(2)25-20-17(13)19(24-12-15-7-6-10-21-11-15)22-18(23-20)16-8-4-3-5-9-16/h6-7,10-11,16H,3-5,8-9,12H2,1-2H3. The van der Waals surface area contributed by atoms with Crippen LogP contribution in [0.25, 0.3) is 10.2 Å². The molecule has 0 aliphatic heterocycles. The van der Waals surface area contributed by atoms with Gasteiger partial charge in [0.1, 0.15) is 15.7 Å². The molecular formula is C20H23N3S2. The van der Waals surface area contributed by atoms with Gasteiger partial charge in [-0.2, -0.15) is 0 Å². The second kappa shape index (κ2) is 7.42. The predicted octanol–water partition coefficient (Wildman–Crippen LogP) is 6.04. The Morgan fingerprint density at radius 2 is 2.00 bits per heavy atom. The predicted molar refractivity (Wildman–Crippen MR) is 107 cm³/mol. The van der Waals surface area contributed by atoms with Crippen molar-refractivity contribution in [3.05, 3.63) is 46.4 Å². The lowest BCUT2D eigenvalue weighted by molar-refractivity contribution is 0.428. The third-order valence-electron chi connectivity index (χ3n) is 5.08. The Hall–Kier alpha value is -1.46. The van der Waals surface area contributed by atoms with Crippen molar-refractivity contribution in [3.63, 3.8) is 0 Å². The van der Waals surface area contributed by atoms with Gasteiger partial charge in [-0.25, -0.2) is 9.97 Å². The molecular weight excluding hydrogens is 346 g/mol. The molecule has 1 aliphatic carbocycles. The van der Waals surface area contributed by atoms with Gasteiger partial charge in [0.25, 0.3) is 0 Å². The van der Waals surface area contributed by atoms with Crippen molar-refractivity contribution >= 4 is 33.3 Å². The van der Waals surface area contributed by atoms with E-state index in [1.807, 2.05) is 41.6 Å². The first kappa shape index (κ1) is 17.0. The summed E-state index contributed by atoms with van der Waals surface area (Å²) in [6, 6.07) is 4.13. The molecule has 0 N–H and O–H groups in total. The topological polar surface area (TPSA) is 38.7 Å². The average Bonchev–Trinajstić information content (AvgIpc) is 2.95. The maximum absolute atomic E-state index is 5.05. The van der Waals surface area contributed by atoms with E-state index in [9.17, 15) is 0 Å². The fourth-order valence-electron chi connectivity index (χ4n) is 3.51. The van der Waals surface area contributed by atoms with Gasteiger partial charge in [-0.1, -0.05) is 25.3 Å². The van der Waals surface area contributed by atoms with Crippen molar-refractivity contribution in [3.8, 4) is 0 Å². The largest absolute Gasteiger partial charge is 0.264 e. The van der Waals surface area contributed by atoms with E-state index < -0.39 is 0 Å². The summed E-state index contributed by atoms with van der Waals surface area (Å²) in [4.78, 5) is 16.8. The number of thioether (sulfide) groups is 1. The zero-order valence-electron chi connectivity index (χ0n) is 14.8. The summed E-state index contributed by atoms with van der Waals surface area (Å²) >= 11 is 3.64. The highest BCUT2D eigenvalue weighted by Gasteiger charge is 2.22. The lowest BCUT2D eigenvalue weighted by Crippen LogP contribution is -2.09. The number of nitrogens with zero attached hydrogens (tertiary/aromatic N) is 3. The lowest BCUT2D eigenvalue weighted by atomic mass is 9.89. The number of rotatable bonds is 4. The van der Waals surface area contributed by atoms with Crippen LogP contribution in [0.4, 0.5) is 0 Å². The first-order chi connectivity index (χ1) is 12.2. The zero-order valence-corrected chi connectivity index (χ0v) is 16.4. The summed E-state index contributed by atoms with van der Waals surface area (Å²) in [6.45, 7) is 4.39. The Morgan fingerprint density at radius 1 is 1.16 bits per heavy atom. The molecule has 3 aromatic heterocycles. The number of aryl methyl sites for hydroxylation is 2. The molecule has 3 aromatic rings. The van der Waals surface area contributed by atoms with Crippen LogP contribution in [0.15, 0.2) is 29.6 Å². The first-order valence-corrected chi connectivity index (χ1v) is 10.8. The molecule has 0 spiro atoms. The van der Waals surface area contributed by atoms with E-state index >= 15 is 0 Å². The maximum atomic E-state index is 5.05. The van der Waals surface area contributed by atoms with Crippen LogP contribution < -0.4 is 0 Å². The molecule has 0 bridgehead atoms. The third-order valence-corrected chi connectivity index (χ3v) is 7.23. The van der Waals surface area contributed by atoms with E-state index in [1.54, 1.807) is 0 Å². The lowest BCUT2D eigenvalue weighted by Gasteiger charge is -2.20. The van der Waals surface area contributed by atoms with Crippen LogP contribution in [0.3, 0.4) is 0 Å². The summed E-state index contributed by atoms with van der Waals surface area (Å²) in [5, 5.41) is 2.41. The Morgan fingerprint density at radius 3 is 2.76 bits per heavy atom. The maximum Gasteiger partial charge on any atom is 0.134 e. The van der Waals surface area contributed by atoms with Gasteiger partial charge in [0.2, 0.25) is 0 Å². The molecule has 0 atom stereocenters. The van der Waals surface area contributed by atoms with E-state index in [2.05, 4.69) is 24.9 Å². The number of hydrogen-bond acceptors (Lipinski definition) is 5. The molecule has 1 saturated carbocycles. The van der Waals surface area contributed by atoms with Crippen molar-refractivity contribution in [2.24, 2.45) is 0 Å². The highest BCUT2D eigenvalue weighted by Crippen LogP contribution is 2.39. The molecule has 0 amide bonds. The molecule has 4 rings (SSSR count). The van der Waals surface area contributed by atoms with Crippen LogP contribution >= 0.6 is 23.1 Å². The number of hydrogen-bond donors (Lipinski definition) is 0. The molecule has 25 heavy (non-hydrogen) atoms. The van der Waals surface area contributed by atoms with Crippen molar-refractivity contribution in [2.45, 2.75) is 62.6 Å². The van der Waals surface area contributed by atoms with Gasteiger partial charge in [-0.05, 0) is 43.9 Å². The Balaban J connectivity index is 1.71. The van der Waals surface area contributed by atoms with Crippen LogP contribution in [0.1, 0.15) is 59.9 Å². The monoisotopic (exact) mass is 369 g/mol. The minimum absolute atomic E-state index is 0.540. The molecule has 130 valence electrons. The molecule has 0 radical (unpaired) electrons. The minimum atomic E-state index is 0.540. The fraction of sp³-hybridized carbons (Fsp3) is 0.450. The SMILES string of the molecule is Cc1sc2nc(C3CCCCC3)nc(SCc3cccnc3)c2c1C. The number of fused-ring (bicyclic) bond motifs is 1. The molecule has 5 heteroatoms. The van der Waals surface area contributed by atoms with Crippen LogP contribution in [-0.4, -0.2) is 15.0 Å². The Kier molecular flexibility index (Phi) is 5.04. The van der Waals surface area contributed by atoms with Crippen molar-refractivity contribution in [1.82, 2.24) is 15.0 Å². The summed E-state index contributed by atoms with van der Waals surface area (Å²) < 4.78 is 0. The highest BCUT2D eigenvalue weighted by molar-refractivity contribution is 7.98. The summed E-state index contributed by atoms with van der Waals surface area (Å²) in [7, 11) is 0. The van der Waals surface area contributed by atoms with Crippen LogP contribution in [-0.2, 0) is 5.75 Å². The molecule has 1 aliphatic rings. The average molecular weight is 370 g/mol. The minimum Gasteiger partial charge on any atom is -0.264 e. The fourth-order valence-corrected chi connectivity index (χ4v) is 5.64. The Labute approximate surface area is 157 Å². The van der Waals surface area contributed by atoms with Gasteiger partial charge in [0.05, 0.1) is 0 Å². The van der Waals surface area contributed by atoms with Crippen LogP contribution in [0.2, 0.25) is 0 Å². The normalized spacial score (nSPS) is 15.8. The molecule has 3 nitrogen and oxygen atoms in total. The second-order valence-corrected chi connectivity index (χ2v) is 9.00. The summed E-state index contributed by atoms with van der Waals surface area (Å²) in [6.07, 6.45) is 10.2. The van der Waals surface area contributed by atoms with Gasteiger partial charge in [-0.3, -0.25) is 4.98 Å².